The van der Waals surface area contributed by atoms with Crippen LogP contribution in [0.25, 0.3) is 10.9 Å². The fraction of sp³-hybridized carbons (Fsp3) is 0.400. The van der Waals surface area contributed by atoms with Crippen LogP contribution in [0, 0.1) is 0 Å². The molecule has 0 aliphatic rings. The van der Waals surface area contributed by atoms with Gasteiger partial charge in [-0.1, -0.05) is 13.0 Å². The maximum absolute atomic E-state index is 11.4. The molecule has 2 rings (SSSR count). The summed E-state index contributed by atoms with van der Waals surface area (Å²) in [7, 11) is 0. The highest BCUT2D eigenvalue weighted by atomic mass is 32.2. The molecule has 3 nitrogen and oxygen atoms in total. The molecule has 4 heteroatoms. The molecule has 102 valence electrons. The van der Waals surface area contributed by atoms with Crippen molar-refractivity contribution in [1.29, 1.82) is 0 Å². The molecular weight excluding hydrogens is 258 g/mol. The van der Waals surface area contributed by atoms with Gasteiger partial charge in [0.1, 0.15) is 0 Å². The highest BCUT2D eigenvalue weighted by Crippen LogP contribution is 2.30. The predicted octanol–water partition coefficient (Wildman–Crippen LogP) is 4.17. The molecule has 1 aromatic heterocycles. The molecule has 0 radical (unpaired) electrons. The molecule has 0 bridgehead atoms. The fourth-order valence-electron chi connectivity index (χ4n) is 2.32. The van der Waals surface area contributed by atoms with E-state index in [1.54, 1.807) is 6.07 Å². The van der Waals surface area contributed by atoms with Crippen LogP contribution >= 0.6 is 11.8 Å². The van der Waals surface area contributed by atoms with Gasteiger partial charge < -0.3 is 9.67 Å². The van der Waals surface area contributed by atoms with Crippen LogP contribution in [-0.4, -0.2) is 21.4 Å². The summed E-state index contributed by atoms with van der Waals surface area (Å²) < 4.78 is 2.16. The molecule has 0 fully saturated rings. The van der Waals surface area contributed by atoms with Crippen molar-refractivity contribution in [3.8, 4) is 0 Å². The molecule has 1 aromatic carbocycles. The van der Waals surface area contributed by atoms with Crippen LogP contribution < -0.4 is 0 Å². The third kappa shape index (κ3) is 2.63. The maximum atomic E-state index is 11.4. The summed E-state index contributed by atoms with van der Waals surface area (Å²) in [5.74, 6) is 1.04. The second-order valence-corrected chi connectivity index (χ2v) is 6.07. The largest absolute Gasteiger partial charge is 0.478 e. The molecule has 1 N–H and O–H groups in total. The van der Waals surface area contributed by atoms with E-state index in [-0.39, 0.29) is 0 Å². The lowest BCUT2D eigenvalue weighted by Gasteiger charge is -2.09. The number of rotatable bonds is 5. The molecule has 2 aromatic rings. The number of carbonyl (C=O) groups is 1. The third-order valence-electron chi connectivity index (χ3n) is 3.19. The van der Waals surface area contributed by atoms with E-state index in [2.05, 4.69) is 31.5 Å². The summed E-state index contributed by atoms with van der Waals surface area (Å²) >= 11 is 1.82. The first-order chi connectivity index (χ1) is 9.06. The zero-order valence-corrected chi connectivity index (χ0v) is 12.3. The number of aromatic carboxylic acids is 1. The van der Waals surface area contributed by atoms with Crippen LogP contribution in [0.15, 0.2) is 24.4 Å². The number of aromatic nitrogens is 1. The molecule has 0 atom stereocenters. The number of carboxylic acid groups (broad SMARTS) is 1. The highest BCUT2D eigenvalue weighted by Gasteiger charge is 2.17. The van der Waals surface area contributed by atoms with E-state index in [0.29, 0.717) is 11.6 Å². The third-order valence-corrected chi connectivity index (χ3v) is 4.11. The van der Waals surface area contributed by atoms with Crippen LogP contribution in [0.2, 0.25) is 0 Å². The Balaban J connectivity index is 2.68. The van der Waals surface area contributed by atoms with Gasteiger partial charge in [0.15, 0.2) is 0 Å². The Morgan fingerprint density at radius 1 is 1.42 bits per heavy atom. The number of hydrogen-bond donors (Lipinski definition) is 1. The zero-order valence-electron chi connectivity index (χ0n) is 11.5. The lowest BCUT2D eigenvalue weighted by Crippen LogP contribution is -2.00. The van der Waals surface area contributed by atoms with Gasteiger partial charge in [0.05, 0.1) is 5.56 Å². The van der Waals surface area contributed by atoms with Crippen LogP contribution in [0.3, 0.4) is 0 Å². The average molecular weight is 277 g/mol. The minimum atomic E-state index is -0.852. The lowest BCUT2D eigenvalue weighted by molar-refractivity contribution is 0.0699. The van der Waals surface area contributed by atoms with E-state index < -0.39 is 5.97 Å². The van der Waals surface area contributed by atoms with Gasteiger partial charge >= 0.3 is 5.97 Å². The summed E-state index contributed by atoms with van der Waals surface area (Å²) in [6.45, 7) is 6.34. The van der Waals surface area contributed by atoms with Gasteiger partial charge in [-0.25, -0.2) is 4.79 Å². The molecule has 0 saturated carbocycles. The van der Waals surface area contributed by atoms with Crippen LogP contribution in [0.5, 0.6) is 0 Å². The van der Waals surface area contributed by atoms with Crippen LogP contribution in [-0.2, 0) is 5.75 Å². The first-order valence-corrected chi connectivity index (χ1v) is 7.65. The van der Waals surface area contributed by atoms with Crippen molar-refractivity contribution < 1.29 is 9.90 Å². The molecule has 0 spiro atoms. The molecule has 0 aliphatic heterocycles. The van der Waals surface area contributed by atoms with E-state index >= 15 is 0 Å². The van der Waals surface area contributed by atoms with Crippen LogP contribution in [0.1, 0.15) is 42.7 Å². The fourth-order valence-corrected chi connectivity index (χ4v) is 2.96. The van der Waals surface area contributed by atoms with Crippen molar-refractivity contribution >= 4 is 28.6 Å². The minimum absolute atomic E-state index is 0.326. The van der Waals surface area contributed by atoms with E-state index in [0.717, 1.165) is 28.0 Å². The molecule has 0 amide bonds. The van der Waals surface area contributed by atoms with Crippen molar-refractivity contribution in [3.63, 3.8) is 0 Å². The zero-order chi connectivity index (χ0) is 14.0. The Kier molecular flexibility index (Phi) is 4.20. The molecule has 0 unspecified atom stereocenters. The van der Waals surface area contributed by atoms with Gasteiger partial charge in [-0.3, -0.25) is 0 Å². The Morgan fingerprint density at radius 2 is 2.16 bits per heavy atom. The molecule has 0 aliphatic carbocycles. The van der Waals surface area contributed by atoms with Crippen molar-refractivity contribution in [2.75, 3.05) is 5.75 Å². The standard InChI is InChI=1S/C15H19NO2S/c1-4-19-9-11-8-16(10(2)3)13-7-5-6-12(14(11)13)15(17)18/h5-8,10H,4,9H2,1-3H3,(H,17,18). The van der Waals surface area contributed by atoms with Gasteiger partial charge in [-0.2, -0.15) is 11.8 Å². The van der Waals surface area contributed by atoms with Gasteiger partial charge in [0.25, 0.3) is 0 Å². The predicted molar refractivity (Wildman–Crippen MR) is 81.1 cm³/mol. The summed E-state index contributed by atoms with van der Waals surface area (Å²) in [6.07, 6.45) is 2.10. The smallest absolute Gasteiger partial charge is 0.336 e. The Morgan fingerprint density at radius 3 is 2.74 bits per heavy atom. The monoisotopic (exact) mass is 277 g/mol. The van der Waals surface area contributed by atoms with Gasteiger partial charge in [-0.05, 0) is 37.3 Å². The quantitative estimate of drug-likeness (QED) is 0.891. The van der Waals surface area contributed by atoms with Crippen molar-refractivity contribution in [2.24, 2.45) is 0 Å². The topological polar surface area (TPSA) is 42.2 Å². The van der Waals surface area contributed by atoms with E-state index in [9.17, 15) is 9.90 Å². The second-order valence-electron chi connectivity index (χ2n) is 4.80. The van der Waals surface area contributed by atoms with Gasteiger partial charge in [0.2, 0.25) is 0 Å². The lowest BCUT2D eigenvalue weighted by atomic mass is 10.1. The molecule has 19 heavy (non-hydrogen) atoms. The van der Waals surface area contributed by atoms with E-state index in [1.165, 1.54) is 0 Å². The summed E-state index contributed by atoms with van der Waals surface area (Å²) in [5, 5.41) is 10.3. The Hall–Kier alpha value is -1.42. The number of benzene rings is 1. The summed E-state index contributed by atoms with van der Waals surface area (Å²) in [4.78, 5) is 11.4. The number of hydrogen-bond acceptors (Lipinski definition) is 2. The molecule has 0 saturated heterocycles. The first kappa shape index (κ1) is 14.0. The van der Waals surface area contributed by atoms with Crippen molar-refractivity contribution in [3.05, 3.63) is 35.5 Å². The van der Waals surface area contributed by atoms with E-state index in [1.807, 2.05) is 23.9 Å². The summed E-state index contributed by atoms with van der Waals surface area (Å²) in [5.41, 5.74) is 2.54. The van der Waals surface area contributed by atoms with Gasteiger partial charge in [0, 0.05) is 28.9 Å². The van der Waals surface area contributed by atoms with Crippen molar-refractivity contribution in [1.82, 2.24) is 4.57 Å². The number of nitrogens with zero attached hydrogens (tertiary/aromatic N) is 1. The number of fused-ring (bicyclic) bond motifs is 1. The highest BCUT2D eigenvalue weighted by molar-refractivity contribution is 7.98. The average Bonchev–Trinajstić information content (AvgIpc) is 2.75. The minimum Gasteiger partial charge on any atom is -0.478 e. The van der Waals surface area contributed by atoms with Gasteiger partial charge in [-0.15, -0.1) is 0 Å². The summed E-state index contributed by atoms with van der Waals surface area (Å²) in [6, 6.07) is 5.84. The van der Waals surface area contributed by atoms with Crippen molar-refractivity contribution in [2.45, 2.75) is 32.6 Å². The number of thioether (sulfide) groups is 1. The molecule has 1 heterocycles. The number of carboxylic acids is 1. The second kappa shape index (κ2) is 5.70. The Bertz CT molecular complexity index is 601. The molecular formula is C15H19NO2S. The normalized spacial score (nSPS) is 11.4. The first-order valence-electron chi connectivity index (χ1n) is 6.49. The Labute approximate surface area is 117 Å². The van der Waals surface area contributed by atoms with E-state index in [4.69, 9.17) is 0 Å². The SMILES string of the molecule is CCSCc1cn(C(C)C)c2cccc(C(=O)O)c12. The van der Waals surface area contributed by atoms with Crippen LogP contribution in [0.4, 0.5) is 0 Å². The maximum Gasteiger partial charge on any atom is 0.336 e.